The third-order valence-electron chi connectivity index (χ3n) is 5.58. The minimum atomic E-state index is 0.214. The summed E-state index contributed by atoms with van der Waals surface area (Å²) in [6.07, 6.45) is 6.73. The second kappa shape index (κ2) is 5.80. The Morgan fingerprint density at radius 3 is 2.48 bits per heavy atom. The number of benzene rings is 1. The highest BCUT2D eigenvalue weighted by molar-refractivity contribution is 5.94. The van der Waals surface area contributed by atoms with Crippen molar-refractivity contribution in [3.63, 3.8) is 0 Å². The van der Waals surface area contributed by atoms with Crippen LogP contribution in [-0.2, 0) is 4.79 Å². The van der Waals surface area contributed by atoms with E-state index in [0.29, 0.717) is 11.8 Å². The average Bonchev–Trinajstić information content (AvgIpc) is 3.18. The summed E-state index contributed by atoms with van der Waals surface area (Å²) in [7, 11) is 0. The lowest BCUT2D eigenvalue weighted by molar-refractivity contribution is -0.121. The number of aryl methyl sites for hydroxylation is 1. The lowest BCUT2D eigenvalue weighted by atomic mass is 9.96. The van der Waals surface area contributed by atoms with Crippen molar-refractivity contribution >= 4 is 11.6 Å². The van der Waals surface area contributed by atoms with Crippen LogP contribution in [0.15, 0.2) is 42.6 Å². The third-order valence-corrected chi connectivity index (χ3v) is 5.58. The van der Waals surface area contributed by atoms with Gasteiger partial charge in [0.15, 0.2) is 0 Å². The number of nitrogens with one attached hydrogen (secondary N) is 1. The van der Waals surface area contributed by atoms with E-state index in [-0.39, 0.29) is 11.8 Å². The van der Waals surface area contributed by atoms with Gasteiger partial charge < -0.3 is 5.32 Å². The fourth-order valence-electron chi connectivity index (χ4n) is 4.40. The lowest BCUT2D eigenvalue weighted by Gasteiger charge is -2.16. The molecule has 4 rings (SSSR count). The molecule has 3 heteroatoms. The minimum absolute atomic E-state index is 0.214. The number of hydrogen-bond donors (Lipinski definition) is 1. The van der Waals surface area contributed by atoms with Crippen LogP contribution in [0.1, 0.15) is 31.2 Å². The van der Waals surface area contributed by atoms with Gasteiger partial charge in [0.2, 0.25) is 5.91 Å². The summed E-state index contributed by atoms with van der Waals surface area (Å²) in [6, 6.07) is 12.0. The molecule has 1 aromatic heterocycles. The van der Waals surface area contributed by atoms with Gasteiger partial charge in [0, 0.05) is 23.4 Å². The number of aromatic nitrogens is 1. The fourth-order valence-corrected chi connectivity index (χ4v) is 4.40. The molecular formula is C20H22N2O. The molecule has 0 radical (unpaired) electrons. The summed E-state index contributed by atoms with van der Waals surface area (Å²) in [5.41, 5.74) is 4.08. The normalized spacial score (nSPS) is 25.5. The van der Waals surface area contributed by atoms with Crippen LogP contribution in [0.2, 0.25) is 0 Å². The van der Waals surface area contributed by atoms with E-state index < -0.39 is 0 Å². The molecule has 0 spiro atoms. The summed E-state index contributed by atoms with van der Waals surface area (Å²) >= 11 is 0. The predicted molar refractivity (Wildman–Crippen MR) is 92.0 cm³/mol. The SMILES string of the molecule is Cc1ccc(NC(=O)C2C3CCC2CC3)cc1-c1ccccn1. The van der Waals surface area contributed by atoms with Crippen molar-refractivity contribution in [3.8, 4) is 11.3 Å². The van der Waals surface area contributed by atoms with E-state index in [1.54, 1.807) is 6.20 Å². The van der Waals surface area contributed by atoms with Gasteiger partial charge in [0.25, 0.3) is 0 Å². The summed E-state index contributed by atoms with van der Waals surface area (Å²) in [6.45, 7) is 2.08. The zero-order valence-corrected chi connectivity index (χ0v) is 13.5. The van der Waals surface area contributed by atoms with Crippen molar-refractivity contribution in [3.05, 3.63) is 48.2 Å². The molecule has 2 saturated carbocycles. The smallest absolute Gasteiger partial charge is 0.228 e. The van der Waals surface area contributed by atoms with Crippen molar-refractivity contribution in [1.82, 2.24) is 4.98 Å². The molecule has 118 valence electrons. The fraction of sp³-hybridized carbons (Fsp3) is 0.400. The summed E-state index contributed by atoms with van der Waals surface area (Å²) in [5.74, 6) is 1.67. The van der Waals surface area contributed by atoms with Crippen molar-refractivity contribution in [2.45, 2.75) is 32.6 Å². The van der Waals surface area contributed by atoms with Crippen LogP contribution >= 0.6 is 0 Å². The van der Waals surface area contributed by atoms with Gasteiger partial charge >= 0.3 is 0 Å². The number of anilines is 1. The van der Waals surface area contributed by atoms with Gasteiger partial charge in [-0.05, 0) is 74.3 Å². The standard InChI is InChI=1S/C20H22N2O/c1-13-5-10-16(12-17(13)18-4-2-3-11-21-18)22-20(23)19-14-6-7-15(19)9-8-14/h2-5,10-12,14-15,19H,6-9H2,1H3,(H,22,23). The Kier molecular flexibility index (Phi) is 3.64. The summed E-state index contributed by atoms with van der Waals surface area (Å²) in [4.78, 5) is 17.1. The minimum Gasteiger partial charge on any atom is -0.326 e. The molecule has 2 aliphatic rings. The van der Waals surface area contributed by atoms with Gasteiger partial charge in [0.1, 0.15) is 0 Å². The topological polar surface area (TPSA) is 42.0 Å². The summed E-state index contributed by atoms with van der Waals surface area (Å²) in [5, 5.41) is 3.16. The maximum absolute atomic E-state index is 12.7. The van der Waals surface area contributed by atoms with Crippen LogP contribution in [-0.4, -0.2) is 10.9 Å². The van der Waals surface area contributed by atoms with Gasteiger partial charge in [-0.1, -0.05) is 12.1 Å². The van der Waals surface area contributed by atoms with Crippen molar-refractivity contribution in [2.24, 2.45) is 17.8 Å². The molecule has 3 nitrogen and oxygen atoms in total. The Balaban J connectivity index is 1.57. The molecule has 0 atom stereocenters. The number of pyridine rings is 1. The number of fused-ring (bicyclic) bond motifs is 2. The first-order chi connectivity index (χ1) is 11.2. The molecule has 0 saturated heterocycles. The van der Waals surface area contributed by atoms with Gasteiger partial charge in [-0.25, -0.2) is 0 Å². The van der Waals surface area contributed by atoms with Gasteiger partial charge in [-0.15, -0.1) is 0 Å². The molecule has 1 N–H and O–H groups in total. The monoisotopic (exact) mass is 306 g/mol. The molecule has 1 heterocycles. The van der Waals surface area contributed by atoms with E-state index >= 15 is 0 Å². The number of amides is 1. The molecule has 0 aliphatic heterocycles. The van der Waals surface area contributed by atoms with Crippen molar-refractivity contribution in [1.29, 1.82) is 0 Å². The number of hydrogen-bond acceptors (Lipinski definition) is 2. The first-order valence-corrected chi connectivity index (χ1v) is 8.55. The summed E-state index contributed by atoms with van der Waals surface area (Å²) < 4.78 is 0. The first kappa shape index (κ1) is 14.4. The third kappa shape index (κ3) is 2.65. The zero-order chi connectivity index (χ0) is 15.8. The Hall–Kier alpha value is -2.16. The van der Waals surface area contributed by atoms with E-state index in [2.05, 4.69) is 23.3 Å². The second-order valence-corrected chi connectivity index (χ2v) is 6.93. The predicted octanol–water partition coefficient (Wildman–Crippen LogP) is 4.43. The Bertz CT molecular complexity index is 706. The lowest BCUT2D eigenvalue weighted by Crippen LogP contribution is -2.26. The molecule has 2 aliphatic carbocycles. The molecule has 0 unspecified atom stereocenters. The van der Waals surface area contributed by atoms with Gasteiger partial charge in [0.05, 0.1) is 5.69 Å². The molecule has 2 bridgehead atoms. The Morgan fingerprint density at radius 1 is 1.09 bits per heavy atom. The van der Waals surface area contributed by atoms with Crippen molar-refractivity contribution in [2.75, 3.05) is 5.32 Å². The number of carbonyl (C=O) groups is 1. The Morgan fingerprint density at radius 2 is 1.83 bits per heavy atom. The molecule has 1 aromatic carbocycles. The first-order valence-electron chi connectivity index (χ1n) is 8.55. The Labute approximate surface area is 137 Å². The van der Waals surface area contributed by atoms with E-state index in [0.717, 1.165) is 16.9 Å². The van der Waals surface area contributed by atoms with Crippen LogP contribution in [0.4, 0.5) is 5.69 Å². The number of nitrogens with zero attached hydrogens (tertiary/aromatic N) is 1. The van der Waals surface area contributed by atoms with E-state index in [1.165, 1.54) is 31.2 Å². The van der Waals surface area contributed by atoms with Crippen LogP contribution in [0.25, 0.3) is 11.3 Å². The van der Waals surface area contributed by atoms with E-state index in [9.17, 15) is 4.79 Å². The quantitative estimate of drug-likeness (QED) is 0.911. The van der Waals surface area contributed by atoms with Crippen LogP contribution < -0.4 is 5.32 Å². The molecule has 1 amide bonds. The average molecular weight is 306 g/mol. The molecular weight excluding hydrogens is 284 g/mol. The number of rotatable bonds is 3. The maximum atomic E-state index is 12.7. The molecule has 23 heavy (non-hydrogen) atoms. The van der Waals surface area contributed by atoms with Crippen LogP contribution in [0.5, 0.6) is 0 Å². The zero-order valence-electron chi connectivity index (χ0n) is 13.5. The van der Waals surface area contributed by atoms with Gasteiger partial charge in [-0.3, -0.25) is 9.78 Å². The van der Waals surface area contributed by atoms with E-state index in [1.807, 2.05) is 30.3 Å². The number of carbonyl (C=O) groups excluding carboxylic acids is 1. The van der Waals surface area contributed by atoms with E-state index in [4.69, 9.17) is 0 Å². The highest BCUT2D eigenvalue weighted by Gasteiger charge is 2.45. The molecule has 2 fully saturated rings. The van der Waals surface area contributed by atoms with Gasteiger partial charge in [-0.2, -0.15) is 0 Å². The largest absolute Gasteiger partial charge is 0.326 e. The van der Waals surface area contributed by atoms with Crippen LogP contribution in [0, 0.1) is 24.7 Å². The van der Waals surface area contributed by atoms with Crippen molar-refractivity contribution < 1.29 is 4.79 Å². The van der Waals surface area contributed by atoms with Crippen LogP contribution in [0.3, 0.4) is 0 Å². The molecule has 2 aromatic rings. The second-order valence-electron chi connectivity index (χ2n) is 6.93. The maximum Gasteiger partial charge on any atom is 0.228 e. The highest BCUT2D eigenvalue weighted by atomic mass is 16.1. The highest BCUT2D eigenvalue weighted by Crippen LogP contribution is 2.49.